The highest BCUT2D eigenvalue weighted by molar-refractivity contribution is 9.10. The van der Waals surface area contributed by atoms with Crippen LogP contribution in [0.15, 0.2) is 40.9 Å². The maximum absolute atomic E-state index is 12.5. The minimum absolute atomic E-state index is 0.138. The van der Waals surface area contributed by atoms with Crippen LogP contribution in [0.5, 0.6) is 0 Å². The zero-order valence-corrected chi connectivity index (χ0v) is 13.1. The molecule has 4 rings (SSSR count). The lowest BCUT2D eigenvalue weighted by atomic mass is 9.85. The molecule has 112 valence electrons. The summed E-state index contributed by atoms with van der Waals surface area (Å²) in [5, 5.41) is 0.921. The van der Waals surface area contributed by atoms with Crippen LogP contribution in [0.1, 0.15) is 16.8 Å². The van der Waals surface area contributed by atoms with Crippen molar-refractivity contribution < 1.29 is 14.4 Å². The van der Waals surface area contributed by atoms with Gasteiger partial charge in [0.25, 0.3) is 17.7 Å². The van der Waals surface area contributed by atoms with Gasteiger partial charge in [0.2, 0.25) is 0 Å². The number of fused-ring (bicyclic) bond motifs is 5. The summed E-state index contributed by atoms with van der Waals surface area (Å²) in [5.41, 5.74) is 2.86. The molecule has 0 aromatic heterocycles. The van der Waals surface area contributed by atoms with Crippen LogP contribution in [0.4, 0.5) is 0 Å². The molecule has 2 bridgehead atoms. The summed E-state index contributed by atoms with van der Waals surface area (Å²) in [5.74, 6) is -1.34. The molecule has 1 N–H and O–H groups in total. The van der Waals surface area contributed by atoms with Gasteiger partial charge in [0, 0.05) is 10.0 Å². The molecule has 3 aliphatic rings. The molecule has 2 fully saturated rings. The number of rotatable bonds is 2. The van der Waals surface area contributed by atoms with Gasteiger partial charge in [-0.2, -0.15) is 5.01 Å². The number of benzene rings is 1. The summed E-state index contributed by atoms with van der Waals surface area (Å²) in [6.07, 6.45) is 4.92. The van der Waals surface area contributed by atoms with Gasteiger partial charge in [-0.1, -0.05) is 34.1 Å². The predicted molar refractivity (Wildman–Crippen MR) is 81.2 cm³/mol. The van der Waals surface area contributed by atoms with Crippen LogP contribution in [-0.4, -0.2) is 22.7 Å². The van der Waals surface area contributed by atoms with E-state index in [2.05, 4.69) is 21.4 Å². The Labute approximate surface area is 135 Å². The van der Waals surface area contributed by atoms with E-state index >= 15 is 0 Å². The van der Waals surface area contributed by atoms with Gasteiger partial charge in [0.1, 0.15) is 0 Å². The van der Waals surface area contributed by atoms with E-state index in [1.807, 2.05) is 12.2 Å². The quantitative estimate of drug-likeness (QED) is 0.646. The number of nitrogens with zero attached hydrogens (tertiary/aromatic N) is 1. The molecular formula is C16H13BrN2O3. The molecule has 5 nitrogen and oxygen atoms in total. The molecule has 22 heavy (non-hydrogen) atoms. The first-order valence-electron chi connectivity index (χ1n) is 7.19. The first-order valence-corrected chi connectivity index (χ1v) is 7.98. The molecule has 0 spiro atoms. The van der Waals surface area contributed by atoms with E-state index in [0.717, 1.165) is 15.9 Å². The lowest BCUT2D eigenvalue weighted by Gasteiger charge is -2.18. The fourth-order valence-electron chi connectivity index (χ4n) is 3.81. The maximum atomic E-state index is 12.5. The molecule has 0 unspecified atom stereocenters. The molecule has 1 aromatic rings. The number of amides is 3. The number of halogens is 1. The molecule has 1 aromatic carbocycles. The van der Waals surface area contributed by atoms with Crippen LogP contribution in [-0.2, 0) is 9.59 Å². The Bertz CT molecular complexity index is 700. The van der Waals surface area contributed by atoms with E-state index in [1.54, 1.807) is 24.3 Å². The SMILES string of the molecule is O=C(NN1C(=O)[C@@H]2[C@H](C1=O)[C@@H]1C=C[C@@H]2C1)c1cccc(Br)c1. The number of carbonyl (C=O) groups excluding carboxylic acids is 3. The molecule has 1 aliphatic heterocycles. The van der Waals surface area contributed by atoms with E-state index in [9.17, 15) is 14.4 Å². The topological polar surface area (TPSA) is 66.5 Å². The Hall–Kier alpha value is -1.95. The van der Waals surface area contributed by atoms with Crippen molar-refractivity contribution in [3.8, 4) is 0 Å². The van der Waals surface area contributed by atoms with Gasteiger partial charge in [-0.3, -0.25) is 19.8 Å². The van der Waals surface area contributed by atoms with E-state index in [1.165, 1.54) is 0 Å². The molecule has 1 saturated heterocycles. The highest BCUT2D eigenvalue weighted by Crippen LogP contribution is 2.52. The number of carbonyl (C=O) groups is 3. The molecule has 4 atom stereocenters. The zero-order valence-electron chi connectivity index (χ0n) is 11.5. The first-order chi connectivity index (χ1) is 10.6. The van der Waals surface area contributed by atoms with Crippen LogP contribution >= 0.6 is 15.9 Å². The number of allylic oxidation sites excluding steroid dienone is 2. The second kappa shape index (κ2) is 4.78. The van der Waals surface area contributed by atoms with Gasteiger partial charge >= 0.3 is 0 Å². The summed E-state index contributed by atoms with van der Waals surface area (Å²) in [7, 11) is 0. The van der Waals surface area contributed by atoms with Crippen LogP contribution in [0.2, 0.25) is 0 Å². The van der Waals surface area contributed by atoms with Gasteiger partial charge in [0.15, 0.2) is 0 Å². The van der Waals surface area contributed by atoms with E-state index in [-0.39, 0.29) is 35.5 Å². The second-order valence-corrected chi connectivity index (χ2v) is 6.88. The van der Waals surface area contributed by atoms with Crippen LogP contribution < -0.4 is 5.43 Å². The summed E-state index contributed by atoms with van der Waals surface area (Å²) in [6, 6.07) is 6.81. The van der Waals surface area contributed by atoms with Gasteiger partial charge in [-0.15, -0.1) is 0 Å². The Morgan fingerprint density at radius 1 is 1.14 bits per heavy atom. The third-order valence-corrected chi connectivity index (χ3v) is 5.26. The summed E-state index contributed by atoms with van der Waals surface area (Å²) in [4.78, 5) is 37.2. The maximum Gasteiger partial charge on any atom is 0.270 e. The molecule has 6 heteroatoms. The van der Waals surface area contributed by atoms with Crippen molar-refractivity contribution in [2.45, 2.75) is 6.42 Å². The lowest BCUT2D eigenvalue weighted by Crippen LogP contribution is -2.47. The molecule has 1 heterocycles. The molecule has 3 amide bonds. The van der Waals surface area contributed by atoms with Crippen LogP contribution in [0.3, 0.4) is 0 Å². The molecule has 1 saturated carbocycles. The Balaban J connectivity index is 1.56. The normalized spacial score (nSPS) is 31.8. The second-order valence-electron chi connectivity index (χ2n) is 5.96. The monoisotopic (exact) mass is 360 g/mol. The van der Waals surface area contributed by atoms with Crippen molar-refractivity contribution >= 4 is 33.7 Å². The number of hydrazine groups is 1. The van der Waals surface area contributed by atoms with E-state index in [0.29, 0.717) is 5.56 Å². The van der Waals surface area contributed by atoms with Crippen molar-refractivity contribution in [1.29, 1.82) is 0 Å². The average molecular weight is 361 g/mol. The van der Waals surface area contributed by atoms with E-state index in [4.69, 9.17) is 0 Å². The van der Waals surface area contributed by atoms with Gasteiger partial charge < -0.3 is 0 Å². The van der Waals surface area contributed by atoms with Crippen molar-refractivity contribution in [2.24, 2.45) is 23.7 Å². The van der Waals surface area contributed by atoms with E-state index < -0.39 is 5.91 Å². The van der Waals surface area contributed by atoms with Gasteiger partial charge in [0.05, 0.1) is 11.8 Å². The number of hydrogen-bond donors (Lipinski definition) is 1. The Morgan fingerprint density at radius 3 is 2.36 bits per heavy atom. The predicted octanol–water partition coefficient (Wildman–Crippen LogP) is 1.90. The number of hydrogen-bond acceptors (Lipinski definition) is 3. The van der Waals surface area contributed by atoms with Crippen LogP contribution in [0, 0.1) is 23.7 Å². The summed E-state index contributed by atoms with van der Waals surface area (Å²) >= 11 is 3.29. The standard InChI is InChI=1S/C16H13BrN2O3/c17-11-3-1-2-10(7-11)14(20)18-19-15(21)12-8-4-5-9(6-8)13(12)16(19)22/h1-5,7-9,12-13H,6H2,(H,18,20)/t8-,9-,12-,13+/m1/s1. The highest BCUT2D eigenvalue weighted by atomic mass is 79.9. The fourth-order valence-corrected chi connectivity index (χ4v) is 4.21. The minimum atomic E-state index is -0.455. The molecule has 0 radical (unpaired) electrons. The highest BCUT2D eigenvalue weighted by Gasteiger charge is 2.59. The summed E-state index contributed by atoms with van der Waals surface area (Å²) < 4.78 is 0.762. The summed E-state index contributed by atoms with van der Waals surface area (Å²) in [6.45, 7) is 0. The van der Waals surface area contributed by atoms with Crippen molar-refractivity contribution in [2.75, 3.05) is 0 Å². The van der Waals surface area contributed by atoms with Crippen LogP contribution in [0.25, 0.3) is 0 Å². The minimum Gasteiger partial charge on any atom is -0.272 e. The molecule has 2 aliphatic carbocycles. The van der Waals surface area contributed by atoms with Crippen molar-refractivity contribution in [1.82, 2.24) is 10.4 Å². The third-order valence-electron chi connectivity index (χ3n) is 4.77. The fraction of sp³-hybridized carbons (Fsp3) is 0.312. The van der Waals surface area contributed by atoms with Crippen molar-refractivity contribution in [3.63, 3.8) is 0 Å². The lowest BCUT2D eigenvalue weighted by molar-refractivity contribution is -0.143. The Morgan fingerprint density at radius 2 is 1.77 bits per heavy atom. The van der Waals surface area contributed by atoms with Gasteiger partial charge in [-0.05, 0) is 36.5 Å². The van der Waals surface area contributed by atoms with Crippen molar-refractivity contribution in [3.05, 3.63) is 46.5 Å². The molecular weight excluding hydrogens is 348 g/mol. The first kappa shape index (κ1) is 13.7. The van der Waals surface area contributed by atoms with Gasteiger partial charge in [-0.25, -0.2) is 0 Å². The Kier molecular flexibility index (Phi) is 2.97. The zero-order chi connectivity index (χ0) is 15.4. The third kappa shape index (κ3) is 1.86. The smallest absolute Gasteiger partial charge is 0.270 e. The number of nitrogens with one attached hydrogen (secondary N) is 1. The largest absolute Gasteiger partial charge is 0.272 e. The number of imide groups is 1. The average Bonchev–Trinajstić information content (AvgIpc) is 3.17.